The van der Waals surface area contributed by atoms with Gasteiger partial charge >= 0.3 is 0 Å². The fourth-order valence-corrected chi connectivity index (χ4v) is 5.71. The van der Waals surface area contributed by atoms with Crippen molar-refractivity contribution < 1.29 is 4.79 Å². The normalized spacial score (nSPS) is 19.6. The first-order valence-corrected chi connectivity index (χ1v) is 13.0. The molecule has 6 rings (SSSR count). The number of aryl methyl sites for hydroxylation is 1. The summed E-state index contributed by atoms with van der Waals surface area (Å²) in [6.45, 7) is 10.2. The molecule has 37 heavy (non-hydrogen) atoms. The summed E-state index contributed by atoms with van der Waals surface area (Å²) in [6.07, 6.45) is 7.41. The Bertz CT molecular complexity index is 1480. The second kappa shape index (κ2) is 9.46. The minimum absolute atomic E-state index is 0.0645. The van der Waals surface area contributed by atoms with E-state index in [1.807, 2.05) is 31.0 Å². The minimum atomic E-state index is 0.0645. The number of anilines is 1. The lowest BCUT2D eigenvalue weighted by atomic mass is 9.85. The number of rotatable bonds is 5. The molecule has 9 heteroatoms. The van der Waals surface area contributed by atoms with E-state index >= 15 is 0 Å². The smallest absolute Gasteiger partial charge is 0.226 e. The van der Waals surface area contributed by atoms with Gasteiger partial charge in [0.1, 0.15) is 11.6 Å². The van der Waals surface area contributed by atoms with Crippen LogP contribution in [0.4, 0.5) is 5.95 Å². The quantitative estimate of drug-likeness (QED) is 0.441. The van der Waals surface area contributed by atoms with Crippen LogP contribution in [0.25, 0.3) is 22.3 Å². The van der Waals surface area contributed by atoms with E-state index in [4.69, 9.17) is 4.98 Å². The first-order valence-electron chi connectivity index (χ1n) is 13.0. The predicted molar refractivity (Wildman–Crippen MR) is 143 cm³/mol. The molecule has 0 unspecified atom stereocenters. The molecule has 190 valence electrons. The van der Waals surface area contributed by atoms with Crippen LogP contribution >= 0.6 is 0 Å². The van der Waals surface area contributed by atoms with Gasteiger partial charge in [-0.3, -0.25) is 4.79 Å². The summed E-state index contributed by atoms with van der Waals surface area (Å²) in [5.74, 6) is 3.56. The second-order valence-electron chi connectivity index (χ2n) is 10.2. The largest absolute Gasteiger partial charge is 0.351 e. The molecule has 4 aromatic rings. The first kappa shape index (κ1) is 23.4. The predicted octanol–water partition coefficient (Wildman–Crippen LogP) is 4.37. The summed E-state index contributed by atoms with van der Waals surface area (Å²) in [5, 5.41) is 13.1. The number of hydrogen-bond acceptors (Lipinski definition) is 6. The Hall–Kier alpha value is -4.01. The zero-order valence-electron chi connectivity index (χ0n) is 21.4. The maximum atomic E-state index is 13.2. The summed E-state index contributed by atoms with van der Waals surface area (Å²) in [7, 11) is 0. The fourth-order valence-electron chi connectivity index (χ4n) is 5.71. The molecule has 1 aromatic carbocycles. The molecule has 0 spiro atoms. The van der Waals surface area contributed by atoms with Gasteiger partial charge in [0.25, 0.3) is 0 Å². The molecule has 1 amide bonds. The highest BCUT2D eigenvalue weighted by Gasteiger charge is 2.32. The van der Waals surface area contributed by atoms with Gasteiger partial charge < -0.3 is 19.4 Å². The Labute approximate surface area is 216 Å². The summed E-state index contributed by atoms with van der Waals surface area (Å²) >= 11 is 0. The molecule has 1 aliphatic heterocycles. The van der Waals surface area contributed by atoms with Crippen LogP contribution in [-0.4, -0.2) is 52.7 Å². The Kier molecular flexibility index (Phi) is 5.98. The monoisotopic (exact) mass is 496 g/mol. The van der Waals surface area contributed by atoms with Crippen molar-refractivity contribution >= 4 is 28.3 Å². The van der Waals surface area contributed by atoms with Crippen LogP contribution in [0.3, 0.4) is 0 Å². The van der Waals surface area contributed by atoms with Crippen molar-refractivity contribution in [2.75, 3.05) is 11.9 Å². The lowest BCUT2D eigenvalue weighted by Gasteiger charge is -2.34. The van der Waals surface area contributed by atoms with Gasteiger partial charge in [-0.15, -0.1) is 10.2 Å². The SMILES string of the molecule is C=C(C)c1cccc2c1ccn2-c1ccnc(N[C@H]2CC[C@H](C(=O)N3CCn4c(C)nnc4C3)CC2)n1. The number of benzene rings is 1. The van der Waals surface area contributed by atoms with E-state index in [1.165, 1.54) is 0 Å². The van der Waals surface area contributed by atoms with E-state index in [0.717, 1.165) is 78.3 Å². The fraction of sp³-hybridized carbons (Fsp3) is 0.393. The molecule has 1 fully saturated rings. The number of nitrogens with one attached hydrogen (secondary N) is 1. The highest BCUT2D eigenvalue weighted by atomic mass is 16.2. The van der Waals surface area contributed by atoms with E-state index in [0.29, 0.717) is 12.5 Å². The summed E-state index contributed by atoms with van der Waals surface area (Å²) in [6, 6.07) is 10.5. The third-order valence-electron chi connectivity index (χ3n) is 7.74. The number of carbonyl (C=O) groups is 1. The number of aromatic nitrogens is 6. The lowest BCUT2D eigenvalue weighted by Crippen LogP contribution is -2.43. The molecular weight excluding hydrogens is 464 g/mol. The molecule has 0 radical (unpaired) electrons. The van der Waals surface area contributed by atoms with E-state index in [2.05, 4.69) is 60.5 Å². The van der Waals surface area contributed by atoms with Crippen LogP contribution in [0.5, 0.6) is 0 Å². The summed E-state index contributed by atoms with van der Waals surface area (Å²) < 4.78 is 4.19. The number of carbonyl (C=O) groups excluding carboxylic acids is 1. The Morgan fingerprint density at radius 2 is 1.92 bits per heavy atom. The van der Waals surface area contributed by atoms with Crippen LogP contribution in [0.2, 0.25) is 0 Å². The summed E-state index contributed by atoms with van der Waals surface area (Å²) in [4.78, 5) is 24.4. The molecule has 2 aliphatic rings. The number of amides is 1. The van der Waals surface area contributed by atoms with Gasteiger partial charge in [0, 0.05) is 42.8 Å². The van der Waals surface area contributed by atoms with Crippen molar-refractivity contribution in [3.8, 4) is 5.82 Å². The van der Waals surface area contributed by atoms with E-state index in [-0.39, 0.29) is 17.9 Å². The van der Waals surface area contributed by atoms with E-state index in [1.54, 1.807) is 6.20 Å². The minimum Gasteiger partial charge on any atom is -0.351 e. The standard InChI is InChI=1S/C28H32N8O/c1-18(2)22-5-4-6-24-23(22)12-14-36(24)25-11-13-29-28(31-25)30-21-9-7-20(8-10-21)27(37)34-15-16-35-19(3)32-33-26(35)17-34/h4-6,11-14,20-21H,1,7-10,15-17H2,2-3H3,(H,29,30,31)/t20-,21-. The molecule has 1 aliphatic carbocycles. The molecule has 0 atom stereocenters. The Morgan fingerprint density at radius 3 is 2.73 bits per heavy atom. The van der Waals surface area contributed by atoms with Crippen molar-refractivity contribution in [2.45, 2.75) is 58.7 Å². The van der Waals surface area contributed by atoms with Gasteiger partial charge in [-0.25, -0.2) is 4.98 Å². The number of fused-ring (bicyclic) bond motifs is 2. The average molecular weight is 497 g/mol. The molecule has 3 aromatic heterocycles. The molecule has 0 bridgehead atoms. The van der Waals surface area contributed by atoms with Gasteiger partial charge in [0.05, 0.1) is 12.1 Å². The molecule has 1 N–H and O–H groups in total. The highest BCUT2D eigenvalue weighted by molar-refractivity contribution is 5.92. The van der Waals surface area contributed by atoms with Crippen LogP contribution in [0.1, 0.15) is 49.8 Å². The van der Waals surface area contributed by atoms with Crippen LogP contribution in [0.15, 0.2) is 49.3 Å². The molecule has 1 saturated carbocycles. The van der Waals surface area contributed by atoms with Gasteiger partial charge in [-0.05, 0) is 63.3 Å². The van der Waals surface area contributed by atoms with Crippen molar-refractivity contribution in [2.24, 2.45) is 5.92 Å². The maximum Gasteiger partial charge on any atom is 0.226 e. The number of hydrogen-bond donors (Lipinski definition) is 1. The van der Waals surface area contributed by atoms with Crippen LogP contribution < -0.4 is 5.32 Å². The van der Waals surface area contributed by atoms with E-state index in [9.17, 15) is 4.79 Å². The Morgan fingerprint density at radius 1 is 1.08 bits per heavy atom. The number of nitrogens with zero attached hydrogens (tertiary/aromatic N) is 7. The molecule has 4 heterocycles. The zero-order valence-corrected chi connectivity index (χ0v) is 21.4. The van der Waals surface area contributed by atoms with Crippen LogP contribution in [-0.2, 0) is 17.9 Å². The molecule has 9 nitrogen and oxygen atoms in total. The van der Waals surface area contributed by atoms with E-state index < -0.39 is 0 Å². The molecule has 0 saturated heterocycles. The highest BCUT2D eigenvalue weighted by Crippen LogP contribution is 2.30. The Balaban J connectivity index is 1.10. The summed E-state index contributed by atoms with van der Waals surface area (Å²) in [5.41, 5.74) is 3.29. The van der Waals surface area contributed by atoms with Crippen molar-refractivity contribution in [3.05, 3.63) is 66.5 Å². The average Bonchev–Trinajstić information content (AvgIpc) is 3.52. The van der Waals surface area contributed by atoms with Crippen molar-refractivity contribution in [1.82, 2.24) is 34.2 Å². The first-order chi connectivity index (χ1) is 18.0. The van der Waals surface area contributed by atoms with Gasteiger partial charge in [0.15, 0.2) is 5.82 Å². The van der Waals surface area contributed by atoms with Crippen molar-refractivity contribution in [3.63, 3.8) is 0 Å². The molecular formula is C28H32N8O. The third-order valence-corrected chi connectivity index (χ3v) is 7.74. The van der Waals surface area contributed by atoms with Crippen LogP contribution in [0, 0.1) is 12.8 Å². The lowest BCUT2D eigenvalue weighted by molar-refractivity contribution is -0.138. The zero-order chi connectivity index (χ0) is 25.5. The maximum absolute atomic E-state index is 13.2. The van der Waals surface area contributed by atoms with Crippen molar-refractivity contribution in [1.29, 1.82) is 0 Å². The van der Waals surface area contributed by atoms with Gasteiger partial charge in [-0.1, -0.05) is 24.3 Å². The third kappa shape index (κ3) is 4.39. The second-order valence-corrected chi connectivity index (χ2v) is 10.2. The number of allylic oxidation sites excluding steroid dienone is 1. The van der Waals surface area contributed by atoms with Gasteiger partial charge in [0.2, 0.25) is 11.9 Å². The van der Waals surface area contributed by atoms with Gasteiger partial charge in [-0.2, -0.15) is 4.98 Å². The topological polar surface area (TPSA) is 93.8 Å².